The van der Waals surface area contributed by atoms with E-state index in [0.717, 1.165) is 68.3 Å². The van der Waals surface area contributed by atoms with Crippen molar-refractivity contribution in [3.63, 3.8) is 0 Å². The molecule has 0 amide bonds. The van der Waals surface area contributed by atoms with Gasteiger partial charge in [0.1, 0.15) is 5.82 Å². The van der Waals surface area contributed by atoms with Crippen LogP contribution < -0.4 is 21.1 Å². The zero-order valence-electron chi connectivity index (χ0n) is 15.8. The highest BCUT2D eigenvalue weighted by Gasteiger charge is 2.39. The number of hydrogen-bond donors (Lipinski definition) is 3. The van der Waals surface area contributed by atoms with Crippen molar-refractivity contribution in [1.82, 2.24) is 31.1 Å². The molecule has 0 bridgehead atoms. The zero-order chi connectivity index (χ0) is 18.2. The van der Waals surface area contributed by atoms with Crippen molar-refractivity contribution in [3.05, 3.63) is 35.8 Å². The monoisotopic (exact) mass is 365 g/mol. The third-order valence-electron chi connectivity index (χ3n) is 6.20. The molecule has 0 saturated carbocycles. The summed E-state index contributed by atoms with van der Waals surface area (Å²) in [6.07, 6.45) is 6.94. The summed E-state index contributed by atoms with van der Waals surface area (Å²) in [6, 6.07) is 5.10. The number of aromatic nitrogens is 3. The fourth-order valence-electron chi connectivity index (χ4n) is 4.71. The number of hydrogen-bond acceptors (Lipinski definition) is 7. The van der Waals surface area contributed by atoms with Gasteiger partial charge < -0.3 is 10.2 Å². The van der Waals surface area contributed by atoms with Crippen LogP contribution in [0.2, 0.25) is 0 Å². The summed E-state index contributed by atoms with van der Waals surface area (Å²) < 4.78 is 0. The second-order valence-electron chi connectivity index (χ2n) is 7.77. The zero-order valence-corrected chi connectivity index (χ0v) is 15.8. The number of pyridine rings is 1. The lowest BCUT2D eigenvalue weighted by Gasteiger charge is -2.38. The van der Waals surface area contributed by atoms with Crippen molar-refractivity contribution in [2.75, 3.05) is 24.5 Å². The van der Waals surface area contributed by atoms with Gasteiger partial charge in [-0.3, -0.25) is 15.8 Å². The fourth-order valence-corrected chi connectivity index (χ4v) is 4.71. The normalized spacial score (nSPS) is 27.3. The fraction of sp³-hybridized carbons (Fsp3) is 0.550. The molecule has 5 heterocycles. The Hall–Kier alpha value is -2.09. The van der Waals surface area contributed by atoms with Crippen LogP contribution in [-0.2, 0) is 13.0 Å². The molecule has 7 heteroatoms. The van der Waals surface area contributed by atoms with Gasteiger partial charge in [0.2, 0.25) is 0 Å². The van der Waals surface area contributed by atoms with E-state index in [1.54, 1.807) is 6.20 Å². The van der Waals surface area contributed by atoms with Crippen LogP contribution in [0.15, 0.2) is 24.5 Å². The first-order valence-corrected chi connectivity index (χ1v) is 10.1. The van der Waals surface area contributed by atoms with Crippen LogP contribution in [0.4, 0.5) is 5.82 Å². The van der Waals surface area contributed by atoms with E-state index in [0.29, 0.717) is 18.0 Å². The molecule has 0 spiro atoms. The minimum Gasteiger partial charge on any atom is -0.356 e. The SMILES string of the molecule is CCC1NNC2CCN(c3nc(-c4cccnc4)nc4c3CCNC4)CC12. The molecule has 27 heavy (non-hydrogen) atoms. The molecule has 2 aromatic rings. The average Bonchev–Trinajstić information content (AvgIpc) is 3.16. The number of hydrazine groups is 1. The Kier molecular flexibility index (Phi) is 4.51. The molecular formula is C20H27N7. The molecule has 142 valence electrons. The molecule has 2 aromatic heterocycles. The molecule has 0 aliphatic carbocycles. The molecule has 2 fully saturated rings. The summed E-state index contributed by atoms with van der Waals surface area (Å²) >= 11 is 0. The molecule has 3 unspecified atom stereocenters. The molecule has 3 aliphatic rings. The summed E-state index contributed by atoms with van der Waals surface area (Å²) in [5.74, 6) is 2.55. The number of piperidine rings is 1. The van der Waals surface area contributed by atoms with Crippen LogP contribution in [0.5, 0.6) is 0 Å². The first-order chi connectivity index (χ1) is 13.3. The number of rotatable bonds is 3. The Labute approximate surface area is 160 Å². The Morgan fingerprint density at radius 1 is 1.26 bits per heavy atom. The summed E-state index contributed by atoms with van der Waals surface area (Å²) in [6.45, 7) is 6.16. The molecule has 0 aromatic carbocycles. The first kappa shape index (κ1) is 17.0. The summed E-state index contributed by atoms with van der Waals surface area (Å²) in [5.41, 5.74) is 10.4. The van der Waals surface area contributed by atoms with E-state index in [2.05, 4.69) is 33.0 Å². The lowest BCUT2D eigenvalue weighted by atomic mass is 9.87. The summed E-state index contributed by atoms with van der Waals surface area (Å²) in [7, 11) is 0. The number of fused-ring (bicyclic) bond motifs is 2. The summed E-state index contributed by atoms with van der Waals surface area (Å²) in [5, 5.41) is 3.46. The smallest absolute Gasteiger partial charge is 0.163 e. The van der Waals surface area contributed by atoms with Gasteiger partial charge in [-0.25, -0.2) is 9.97 Å². The second-order valence-corrected chi connectivity index (χ2v) is 7.77. The number of nitrogens with one attached hydrogen (secondary N) is 3. The van der Waals surface area contributed by atoms with Gasteiger partial charge in [0, 0.05) is 61.2 Å². The molecule has 3 N–H and O–H groups in total. The second kappa shape index (κ2) is 7.14. The van der Waals surface area contributed by atoms with Crippen LogP contribution in [0, 0.1) is 5.92 Å². The highest BCUT2D eigenvalue weighted by Crippen LogP contribution is 2.33. The van der Waals surface area contributed by atoms with Crippen LogP contribution in [-0.4, -0.2) is 46.7 Å². The number of nitrogens with zero attached hydrogens (tertiary/aromatic N) is 4. The van der Waals surface area contributed by atoms with Gasteiger partial charge in [0.15, 0.2) is 5.82 Å². The molecule has 3 aliphatic heterocycles. The lowest BCUT2D eigenvalue weighted by molar-refractivity contribution is 0.347. The van der Waals surface area contributed by atoms with Gasteiger partial charge >= 0.3 is 0 Å². The van der Waals surface area contributed by atoms with E-state index in [1.165, 1.54) is 5.56 Å². The Morgan fingerprint density at radius 2 is 2.22 bits per heavy atom. The van der Waals surface area contributed by atoms with Crippen molar-refractivity contribution >= 4 is 5.82 Å². The standard InChI is InChI=1S/C20H27N7/c1-2-16-15-12-27(9-6-17(15)26-25-16)20-14-5-8-22-11-18(14)23-19(24-20)13-4-3-7-21-10-13/h3-4,7,10,15-17,22,25-26H,2,5-6,8-9,11-12H2,1H3. The van der Waals surface area contributed by atoms with Crippen molar-refractivity contribution in [2.45, 2.75) is 44.8 Å². The van der Waals surface area contributed by atoms with Gasteiger partial charge in [-0.2, -0.15) is 0 Å². The predicted molar refractivity (Wildman–Crippen MR) is 105 cm³/mol. The highest BCUT2D eigenvalue weighted by atomic mass is 15.4. The predicted octanol–water partition coefficient (Wildman–Crippen LogP) is 1.27. The molecular weight excluding hydrogens is 338 g/mol. The Bertz CT molecular complexity index is 803. The maximum Gasteiger partial charge on any atom is 0.163 e. The molecule has 5 rings (SSSR count). The van der Waals surface area contributed by atoms with Gasteiger partial charge in [0.05, 0.1) is 5.69 Å². The third kappa shape index (κ3) is 3.09. The van der Waals surface area contributed by atoms with E-state index >= 15 is 0 Å². The molecule has 2 saturated heterocycles. The largest absolute Gasteiger partial charge is 0.356 e. The van der Waals surface area contributed by atoms with E-state index in [-0.39, 0.29) is 0 Å². The minimum atomic E-state index is 0.537. The van der Waals surface area contributed by atoms with Crippen molar-refractivity contribution in [1.29, 1.82) is 0 Å². The summed E-state index contributed by atoms with van der Waals surface area (Å²) in [4.78, 5) is 16.7. The van der Waals surface area contributed by atoms with Gasteiger partial charge in [0.25, 0.3) is 0 Å². The van der Waals surface area contributed by atoms with E-state index < -0.39 is 0 Å². The third-order valence-corrected chi connectivity index (χ3v) is 6.20. The van der Waals surface area contributed by atoms with Crippen molar-refractivity contribution < 1.29 is 0 Å². The van der Waals surface area contributed by atoms with Gasteiger partial charge in [-0.1, -0.05) is 6.92 Å². The topological polar surface area (TPSA) is 78.0 Å². The minimum absolute atomic E-state index is 0.537. The van der Waals surface area contributed by atoms with Crippen molar-refractivity contribution in [2.24, 2.45) is 5.92 Å². The van der Waals surface area contributed by atoms with Crippen LogP contribution in [0.1, 0.15) is 31.0 Å². The molecule has 0 radical (unpaired) electrons. The van der Waals surface area contributed by atoms with E-state index in [4.69, 9.17) is 9.97 Å². The van der Waals surface area contributed by atoms with E-state index in [9.17, 15) is 0 Å². The molecule has 7 nitrogen and oxygen atoms in total. The lowest BCUT2D eigenvalue weighted by Crippen LogP contribution is -2.47. The van der Waals surface area contributed by atoms with Gasteiger partial charge in [-0.05, 0) is 37.9 Å². The van der Waals surface area contributed by atoms with Crippen LogP contribution >= 0.6 is 0 Å². The van der Waals surface area contributed by atoms with E-state index in [1.807, 2.05) is 18.3 Å². The maximum absolute atomic E-state index is 5.05. The maximum atomic E-state index is 5.05. The van der Waals surface area contributed by atoms with Gasteiger partial charge in [-0.15, -0.1) is 0 Å². The van der Waals surface area contributed by atoms with Crippen LogP contribution in [0.3, 0.4) is 0 Å². The van der Waals surface area contributed by atoms with Crippen LogP contribution in [0.25, 0.3) is 11.4 Å². The first-order valence-electron chi connectivity index (χ1n) is 10.1. The average molecular weight is 365 g/mol. The molecule has 3 atom stereocenters. The Morgan fingerprint density at radius 3 is 3.07 bits per heavy atom. The number of anilines is 1. The quantitative estimate of drug-likeness (QED) is 0.756. The highest BCUT2D eigenvalue weighted by molar-refractivity contribution is 5.60. The van der Waals surface area contributed by atoms with Crippen molar-refractivity contribution in [3.8, 4) is 11.4 Å². The Balaban J connectivity index is 1.53.